The van der Waals surface area contributed by atoms with E-state index in [0.717, 1.165) is 44.6 Å². The average Bonchev–Trinajstić information content (AvgIpc) is 3.32. The van der Waals surface area contributed by atoms with Crippen molar-refractivity contribution >= 4 is 44.2 Å². The van der Waals surface area contributed by atoms with Gasteiger partial charge in [-0.05, 0) is 12.0 Å². The standard InChI is InChI=1S/C16H17N5S3/c1-2-12(11-6-4-3-5-7-11)14-20-21-13(18-19-15(21)24-14)10-23-16-17-8-9-22-16/h3-7,12H,2,8-10H2,1H3/t12-/m1/s1. The Bertz CT molecular complexity index is 855. The largest absolute Gasteiger partial charge is 0.271 e. The third kappa shape index (κ3) is 3.22. The van der Waals surface area contributed by atoms with Gasteiger partial charge in [0.2, 0.25) is 4.96 Å². The fourth-order valence-electron chi connectivity index (χ4n) is 2.67. The second-order valence-electron chi connectivity index (χ2n) is 5.41. The van der Waals surface area contributed by atoms with Gasteiger partial charge in [-0.15, -0.1) is 10.2 Å². The summed E-state index contributed by atoms with van der Waals surface area (Å²) in [5.74, 6) is 3.06. The van der Waals surface area contributed by atoms with Gasteiger partial charge < -0.3 is 0 Å². The Kier molecular flexibility index (Phi) is 4.86. The van der Waals surface area contributed by atoms with Crippen LogP contribution in [0.1, 0.15) is 35.7 Å². The number of hydrogen-bond acceptors (Lipinski definition) is 7. The van der Waals surface area contributed by atoms with Crippen LogP contribution in [0.5, 0.6) is 0 Å². The number of hydrogen-bond donors (Lipinski definition) is 0. The van der Waals surface area contributed by atoms with E-state index in [2.05, 4.69) is 46.4 Å². The normalized spacial score (nSPS) is 15.8. The number of thioether (sulfide) groups is 2. The van der Waals surface area contributed by atoms with Crippen LogP contribution in [0.15, 0.2) is 35.3 Å². The van der Waals surface area contributed by atoms with E-state index >= 15 is 0 Å². The molecule has 124 valence electrons. The maximum absolute atomic E-state index is 4.82. The average molecular weight is 376 g/mol. The number of rotatable bonds is 5. The van der Waals surface area contributed by atoms with Gasteiger partial charge in [-0.25, -0.2) is 0 Å². The molecule has 0 unspecified atom stereocenters. The molecule has 2 aromatic heterocycles. The second-order valence-corrected chi connectivity index (χ2v) is 8.70. The van der Waals surface area contributed by atoms with Crippen LogP contribution < -0.4 is 0 Å². The van der Waals surface area contributed by atoms with E-state index in [0.29, 0.717) is 5.92 Å². The van der Waals surface area contributed by atoms with Crippen LogP contribution in [0.3, 0.4) is 0 Å². The molecule has 0 radical (unpaired) electrons. The van der Waals surface area contributed by atoms with Gasteiger partial charge in [0, 0.05) is 11.7 Å². The zero-order valence-corrected chi connectivity index (χ0v) is 15.7. The van der Waals surface area contributed by atoms with E-state index < -0.39 is 0 Å². The smallest absolute Gasteiger partial charge is 0.234 e. The lowest BCUT2D eigenvalue weighted by molar-refractivity contribution is 0.735. The Balaban J connectivity index is 1.59. The molecule has 3 heterocycles. The van der Waals surface area contributed by atoms with Crippen molar-refractivity contribution in [3.05, 3.63) is 46.7 Å². The minimum absolute atomic E-state index is 0.313. The molecule has 0 saturated heterocycles. The molecule has 0 saturated carbocycles. The monoisotopic (exact) mass is 375 g/mol. The Morgan fingerprint density at radius 1 is 1.25 bits per heavy atom. The molecule has 1 aliphatic rings. The number of aromatic nitrogens is 4. The van der Waals surface area contributed by atoms with E-state index in [9.17, 15) is 0 Å². The first-order chi connectivity index (χ1) is 11.8. The predicted octanol–water partition coefficient (Wildman–Crippen LogP) is 4.06. The summed E-state index contributed by atoms with van der Waals surface area (Å²) < 4.78 is 3.05. The van der Waals surface area contributed by atoms with Gasteiger partial charge in [0.15, 0.2) is 5.82 Å². The summed E-state index contributed by atoms with van der Waals surface area (Å²) in [4.78, 5) is 5.34. The molecule has 1 atom stereocenters. The summed E-state index contributed by atoms with van der Waals surface area (Å²) in [5, 5.41) is 14.5. The van der Waals surface area contributed by atoms with Crippen molar-refractivity contribution in [3.8, 4) is 0 Å². The lowest BCUT2D eigenvalue weighted by Crippen LogP contribution is -2.02. The molecule has 0 amide bonds. The van der Waals surface area contributed by atoms with Crippen LogP contribution in [-0.2, 0) is 5.75 Å². The zero-order valence-electron chi connectivity index (χ0n) is 13.3. The lowest BCUT2D eigenvalue weighted by Gasteiger charge is -2.11. The summed E-state index contributed by atoms with van der Waals surface area (Å²) in [5.41, 5.74) is 1.30. The first-order valence-corrected chi connectivity index (χ1v) is 10.7. The van der Waals surface area contributed by atoms with Crippen molar-refractivity contribution in [3.63, 3.8) is 0 Å². The van der Waals surface area contributed by atoms with Crippen molar-refractivity contribution in [2.45, 2.75) is 25.0 Å². The molecule has 0 bridgehead atoms. The minimum Gasteiger partial charge on any atom is -0.271 e. The van der Waals surface area contributed by atoms with Gasteiger partial charge in [-0.1, -0.05) is 72.1 Å². The van der Waals surface area contributed by atoms with Crippen LogP contribution in [0.25, 0.3) is 4.96 Å². The predicted molar refractivity (Wildman–Crippen MR) is 103 cm³/mol. The van der Waals surface area contributed by atoms with Gasteiger partial charge >= 0.3 is 0 Å². The number of fused-ring (bicyclic) bond motifs is 1. The zero-order chi connectivity index (χ0) is 16.4. The molecule has 3 aromatic rings. The van der Waals surface area contributed by atoms with E-state index in [1.54, 1.807) is 23.1 Å². The molecule has 4 rings (SSSR count). The van der Waals surface area contributed by atoms with Gasteiger partial charge in [0.05, 0.1) is 12.3 Å². The summed E-state index contributed by atoms with van der Waals surface area (Å²) >= 11 is 5.19. The first kappa shape index (κ1) is 16.1. The Hall–Kier alpha value is -1.38. The van der Waals surface area contributed by atoms with Crippen LogP contribution >= 0.6 is 34.9 Å². The number of aliphatic imine (C=N–C) groups is 1. The molecule has 1 aliphatic heterocycles. The van der Waals surface area contributed by atoms with Crippen LogP contribution in [0.4, 0.5) is 0 Å². The summed E-state index contributed by atoms with van der Waals surface area (Å²) in [6, 6.07) is 10.6. The molecule has 0 N–H and O–H groups in total. The van der Waals surface area contributed by atoms with Gasteiger partial charge in [-0.3, -0.25) is 4.99 Å². The highest BCUT2D eigenvalue weighted by Crippen LogP contribution is 2.31. The van der Waals surface area contributed by atoms with Crippen molar-refractivity contribution in [1.82, 2.24) is 19.8 Å². The number of benzene rings is 1. The Morgan fingerprint density at radius 3 is 2.88 bits per heavy atom. The molecule has 8 heteroatoms. The second kappa shape index (κ2) is 7.25. The van der Waals surface area contributed by atoms with E-state index in [1.165, 1.54) is 5.56 Å². The highest BCUT2D eigenvalue weighted by Gasteiger charge is 2.20. The fourth-order valence-corrected chi connectivity index (χ4v) is 5.65. The Morgan fingerprint density at radius 2 is 2.12 bits per heavy atom. The molecule has 5 nitrogen and oxygen atoms in total. The maximum Gasteiger partial charge on any atom is 0.234 e. The van der Waals surface area contributed by atoms with E-state index in [-0.39, 0.29) is 0 Å². The molecule has 0 fully saturated rings. The van der Waals surface area contributed by atoms with Gasteiger partial charge in [-0.2, -0.15) is 9.61 Å². The highest BCUT2D eigenvalue weighted by atomic mass is 32.2. The first-order valence-electron chi connectivity index (χ1n) is 7.91. The molecular formula is C16H17N5S3. The van der Waals surface area contributed by atoms with Crippen molar-refractivity contribution in [2.24, 2.45) is 4.99 Å². The third-order valence-electron chi connectivity index (χ3n) is 3.86. The van der Waals surface area contributed by atoms with E-state index in [4.69, 9.17) is 5.10 Å². The summed E-state index contributed by atoms with van der Waals surface area (Å²) in [6.45, 7) is 3.13. The van der Waals surface area contributed by atoms with Crippen molar-refractivity contribution in [1.29, 1.82) is 0 Å². The molecule has 0 spiro atoms. The van der Waals surface area contributed by atoms with Gasteiger partial charge in [0.1, 0.15) is 9.38 Å². The number of nitrogens with zero attached hydrogens (tertiary/aromatic N) is 5. The quantitative estimate of drug-likeness (QED) is 0.673. The topological polar surface area (TPSA) is 55.4 Å². The third-order valence-corrected chi connectivity index (χ3v) is 7.12. The molecular weight excluding hydrogens is 358 g/mol. The van der Waals surface area contributed by atoms with Crippen LogP contribution in [-0.4, -0.2) is 36.5 Å². The van der Waals surface area contributed by atoms with Crippen molar-refractivity contribution < 1.29 is 0 Å². The highest BCUT2D eigenvalue weighted by molar-refractivity contribution is 8.38. The minimum atomic E-state index is 0.313. The summed E-state index contributed by atoms with van der Waals surface area (Å²) in [6.07, 6.45) is 1.02. The van der Waals surface area contributed by atoms with Crippen LogP contribution in [0, 0.1) is 0 Å². The molecule has 1 aromatic carbocycles. The van der Waals surface area contributed by atoms with Crippen LogP contribution in [0.2, 0.25) is 0 Å². The SMILES string of the molecule is CC[C@H](c1ccccc1)c1nn2c(CSC3=NCCS3)nnc2s1. The molecule has 24 heavy (non-hydrogen) atoms. The maximum atomic E-state index is 4.82. The van der Waals surface area contributed by atoms with Crippen molar-refractivity contribution in [2.75, 3.05) is 12.3 Å². The molecule has 0 aliphatic carbocycles. The van der Waals surface area contributed by atoms with E-state index in [1.807, 2.05) is 22.3 Å². The summed E-state index contributed by atoms with van der Waals surface area (Å²) in [7, 11) is 0. The fraction of sp³-hybridized carbons (Fsp3) is 0.375. The van der Waals surface area contributed by atoms with Gasteiger partial charge in [0.25, 0.3) is 0 Å². The lowest BCUT2D eigenvalue weighted by atomic mass is 9.97. The Labute approximate surface area is 153 Å².